The van der Waals surface area contributed by atoms with Crippen molar-refractivity contribution in [2.75, 3.05) is 31.8 Å². The van der Waals surface area contributed by atoms with Gasteiger partial charge in [-0.15, -0.1) is 0 Å². The van der Waals surface area contributed by atoms with Gasteiger partial charge in [-0.1, -0.05) is 12.8 Å². The zero-order chi connectivity index (χ0) is 22.4. The Morgan fingerprint density at radius 2 is 1.94 bits per heavy atom. The van der Waals surface area contributed by atoms with Crippen LogP contribution in [0.3, 0.4) is 0 Å². The standard InChI is InChI=1S/C22H27F3O5S/c1-29-8-9-31(27,28)12-18(26)16-10-15(14-5-6-14)19(11-17(16)23)30-13-21-7-3-2-4-20(21)22(21,24)25/h10-11,14,20H,2-9,12-13H2,1H3. The van der Waals surface area contributed by atoms with Crippen LogP contribution in [0.15, 0.2) is 12.1 Å². The molecule has 5 nitrogen and oxygen atoms in total. The summed E-state index contributed by atoms with van der Waals surface area (Å²) in [6, 6.07) is 2.40. The minimum absolute atomic E-state index is 0.0500. The molecular weight excluding hydrogens is 433 g/mol. The Morgan fingerprint density at radius 1 is 1.19 bits per heavy atom. The molecule has 3 aliphatic rings. The number of rotatable bonds is 10. The van der Waals surface area contributed by atoms with E-state index < -0.39 is 44.4 Å². The lowest BCUT2D eigenvalue weighted by Gasteiger charge is -2.22. The molecular formula is C22H27F3O5S. The molecule has 0 N–H and O–H groups in total. The summed E-state index contributed by atoms with van der Waals surface area (Å²) in [5, 5.41) is 0. The van der Waals surface area contributed by atoms with Crippen molar-refractivity contribution >= 4 is 15.6 Å². The van der Waals surface area contributed by atoms with Gasteiger partial charge in [-0.2, -0.15) is 0 Å². The van der Waals surface area contributed by atoms with E-state index in [-0.39, 0.29) is 36.2 Å². The third-order valence-corrected chi connectivity index (χ3v) is 8.39. The van der Waals surface area contributed by atoms with Crippen molar-refractivity contribution in [1.29, 1.82) is 0 Å². The molecule has 9 heteroatoms. The highest BCUT2D eigenvalue weighted by Gasteiger charge is 2.80. The zero-order valence-corrected chi connectivity index (χ0v) is 18.3. The van der Waals surface area contributed by atoms with Gasteiger partial charge in [0.1, 0.15) is 23.9 Å². The first kappa shape index (κ1) is 22.6. The van der Waals surface area contributed by atoms with Crippen LogP contribution in [-0.2, 0) is 14.6 Å². The van der Waals surface area contributed by atoms with Gasteiger partial charge in [0.15, 0.2) is 15.6 Å². The SMILES string of the molecule is COCCS(=O)(=O)CC(=O)c1cc(C2CC2)c(OCC23CCCCC2C3(F)F)cc1F. The number of halogens is 3. The summed E-state index contributed by atoms with van der Waals surface area (Å²) in [6.45, 7) is -0.228. The molecule has 1 aromatic carbocycles. The molecule has 1 aromatic rings. The highest BCUT2D eigenvalue weighted by Crippen LogP contribution is 2.72. The monoisotopic (exact) mass is 460 g/mol. The van der Waals surface area contributed by atoms with Crippen LogP contribution in [-0.4, -0.2) is 52.0 Å². The summed E-state index contributed by atoms with van der Waals surface area (Å²) >= 11 is 0. The quantitative estimate of drug-likeness (QED) is 0.491. The Morgan fingerprint density at radius 3 is 2.58 bits per heavy atom. The number of hydrogen-bond acceptors (Lipinski definition) is 5. The van der Waals surface area contributed by atoms with Crippen molar-refractivity contribution < 1.29 is 35.9 Å². The van der Waals surface area contributed by atoms with Gasteiger partial charge < -0.3 is 9.47 Å². The highest BCUT2D eigenvalue weighted by atomic mass is 32.2. The van der Waals surface area contributed by atoms with Crippen molar-refractivity contribution in [2.24, 2.45) is 11.3 Å². The van der Waals surface area contributed by atoms with Crippen molar-refractivity contribution in [1.82, 2.24) is 0 Å². The molecule has 0 aliphatic heterocycles. The zero-order valence-electron chi connectivity index (χ0n) is 17.5. The van der Waals surface area contributed by atoms with Gasteiger partial charge in [0.25, 0.3) is 5.92 Å². The van der Waals surface area contributed by atoms with Crippen LogP contribution in [0, 0.1) is 17.2 Å². The Kier molecular flexibility index (Phi) is 5.87. The van der Waals surface area contributed by atoms with E-state index in [1.54, 1.807) is 0 Å². The normalized spacial score (nSPS) is 26.9. The van der Waals surface area contributed by atoms with Crippen LogP contribution in [0.5, 0.6) is 5.75 Å². The summed E-state index contributed by atoms with van der Waals surface area (Å²) < 4.78 is 78.0. The molecule has 2 atom stereocenters. The Bertz CT molecular complexity index is 974. The average Bonchev–Trinajstić information content (AvgIpc) is 3.62. The van der Waals surface area contributed by atoms with E-state index in [1.165, 1.54) is 13.2 Å². The molecule has 0 aromatic heterocycles. The van der Waals surface area contributed by atoms with Crippen LogP contribution in [0.4, 0.5) is 13.2 Å². The Hall–Kier alpha value is -1.61. The number of carbonyl (C=O) groups excluding carboxylic acids is 1. The topological polar surface area (TPSA) is 69.7 Å². The van der Waals surface area contributed by atoms with Crippen LogP contribution in [0.1, 0.15) is 60.4 Å². The maximum absolute atomic E-state index is 14.7. The van der Waals surface area contributed by atoms with Crippen molar-refractivity contribution in [2.45, 2.75) is 50.4 Å². The summed E-state index contributed by atoms with van der Waals surface area (Å²) in [4.78, 5) is 12.5. The van der Waals surface area contributed by atoms with Crippen LogP contribution in [0.2, 0.25) is 0 Å². The number of carbonyl (C=O) groups is 1. The minimum Gasteiger partial charge on any atom is -0.492 e. The minimum atomic E-state index is -3.73. The Balaban J connectivity index is 1.53. The fourth-order valence-corrected chi connectivity index (χ4v) is 5.96. The van der Waals surface area contributed by atoms with E-state index in [1.807, 2.05) is 0 Å². The second-order valence-corrected chi connectivity index (χ2v) is 11.2. The number of alkyl halides is 2. The lowest BCUT2D eigenvalue weighted by Crippen LogP contribution is -2.23. The molecule has 3 saturated carbocycles. The van der Waals surface area contributed by atoms with Gasteiger partial charge in [-0.3, -0.25) is 4.79 Å². The third kappa shape index (κ3) is 4.23. The summed E-state index contributed by atoms with van der Waals surface area (Å²) in [6.07, 6.45) is 4.03. The number of benzene rings is 1. The van der Waals surface area contributed by atoms with Crippen LogP contribution in [0.25, 0.3) is 0 Å². The summed E-state index contributed by atoms with van der Waals surface area (Å²) in [5.41, 5.74) is -0.889. The van der Waals surface area contributed by atoms with Crippen molar-refractivity contribution in [3.63, 3.8) is 0 Å². The molecule has 4 rings (SSSR count). The largest absolute Gasteiger partial charge is 0.492 e. The van der Waals surface area contributed by atoms with Crippen LogP contribution < -0.4 is 4.74 Å². The fraction of sp³-hybridized carbons (Fsp3) is 0.682. The number of sulfone groups is 1. The second-order valence-electron chi connectivity index (χ2n) is 9.02. The molecule has 0 spiro atoms. The Labute approximate surface area is 180 Å². The predicted molar refractivity (Wildman–Crippen MR) is 108 cm³/mol. The molecule has 0 saturated heterocycles. The van der Waals surface area contributed by atoms with Crippen LogP contribution >= 0.6 is 0 Å². The molecule has 0 heterocycles. The molecule has 0 amide bonds. The van der Waals surface area contributed by atoms with E-state index in [4.69, 9.17) is 9.47 Å². The predicted octanol–water partition coefficient (Wildman–Crippen LogP) is 4.15. The first-order valence-electron chi connectivity index (χ1n) is 10.7. The molecule has 3 aliphatic carbocycles. The number of hydrogen-bond donors (Lipinski definition) is 0. The van der Waals surface area contributed by atoms with Gasteiger partial charge in [-0.25, -0.2) is 21.6 Å². The lowest BCUT2D eigenvalue weighted by molar-refractivity contribution is 0.0368. The second kappa shape index (κ2) is 8.06. The van der Waals surface area contributed by atoms with E-state index in [0.717, 1.165) is 31.7 Å². The number of methoxy groups -OCH3 is 1. The number of ether oxygens (including phenoxy) is 2. The van der Waals surface area contributed by atoms with Crippen molar-refractivity contribution in [3.8, 4) is 5.75 Å². The van der Waals surface area contributed by atoms with Gasteiger partial charge >= 0.3 is 0 Å². The number of ketones is 1. The third-order valence-electron chi connectivity index (χ3n) is 6.90. The maximum Gasteiger partial charge on any atom is 0.261 e. The first-order valence-corrected chi connectivity index (χ1v) is 12.5. The number of fused-ring (bicyclic) bond motifs is 1. The van der Waals surface area contributed by atoms with E-state index >= 15 is 0 Å². The maximum atomic E-state index is 14.7. The van der Waals surface area contributed by atoms with E-state index in [9.17, 15) is 26.4 Å². The van der Waals surface area contributed by atoms with E-state index in [2.05, 4.69) is 0 Å². The summed E-state index contributed by atoms with van der Waals surface area (Å²) in [7, 11) is -2.38. The molecule has 31 heavy (non-hydrogen) atoms. The molecule has 3 fully saturated rings. The van der Waals surface area contributed by atoms with Crippen molar-refractivity contribution in [3.05, 3.63) is 29.1 Å². The lowest BCUT2D eigenvalue weighted by atomic mass is 9.89. The van der Waals surface area contributed by atoms with Gasteiger partial charge in [0, 0.05) is 19.1 Å². The van der Waals surface area contributed by atoms with Gasteiger partial charge in [0.2, 0.25) is 0 Å². The van der Waals surface area contributed by atoms with Gasteiger partial charge in [-0.05, 0) is 43.2 Å². The van der Waals surface area contributed by atoms with Gasteiger partial charge in [0.05, 0.1) is 23.3 Å². The summed E-state index contributed by atoms with van der Waals surface area (Å²) in [5.74, 6) is -6.06. The number of Topliss-reactive ketones (excluding diaryl/α,β-unsaturated/α-hetero) is 1. The average molecular weight is 461 g/mol. The molecule has 2 unspecified atom stereocenters. The molecule has 0 radical (unpaired) electrons. The first-order chi connectivity index (χ1) is 14.6. The molecule has 0 bridgehead atoms. The van der Waals surface area contributed by atoms with E-state index in [0.29, 0.717) is 18.4 Å². The molecule has 172 valence electrons. The smallest absolute Gasteiger partial charge is 0.261 e. The fourth-order valence-electron chi connectivity index (χ4n) is 4.84. The highest BCUT2D eigenvalue weighted by molar-refractivity contribution is 7.92.